The molecule has 0 atom stereocenters. The van der Waals surface area contributed by atoms with Crippen molar-refractivity contribution >= 4 is 12.2 Å². The number of carbonyl (C=O) groups is 1. The van der Waals surface area contributed by atoms with Crippen LogP contribution in [-0.2, 0) is 4.79 Å². The van der Waals surface area contributed by atoms with Gasteiger partial charge < -0.3 is 9.80 Å². The number of rotatable bonds is 2. The van der Waals surface area contributed by atoms with Crippen LogP contribution >= 0.6 is 0 Å². The summed E-state index contributed by atoms with van der Waals surface area (Å²) in [6, 6.07) is 0. The van der Waals surface area contributed by atoms with Crippen molar-refractivity contribution in [1.82, 2.24) is 9.80 Å². The maximum atomic E-state index is 11.2. The lowest BCUT2D eigenvalue weighted by atomic mass is 10.4. The Balaban J connectivity index is 1.88. The smallest absolute Gasteiger partial charge is 0.226 e. The topological polar surface area (TPSA) is 35.9 Å². The van der Waals surface area contributed by atoms with Gasteiger partial charge in [-0.2, -0.15) is 0 Å². The molecule has 0 aromatic rings. The second kappa shape index (κ2) is 3.60. The minimum Gasteiger partial charge on any atom is -0.336 e. The van der Waals surface area contributed by atoms with Crippen LogP contribution in [0.15, 0.2) is 17.4 Å². The van der Waals surface area contributed by atoms with Crippen molar-refractivity contribution in [3.8, 4) is 0 Å². The van der Waals surface area contributed by atoms with E-state index < -0.39 is 0 Å². The van der Waals surface area contributed by atoms with Gasteiger partial charge in [-0.05, 0) is 6.42 Å². The lowest BCUT2D eigenvalue weighted by Crippen LogP contribution is -2.20. The van der Waals surface area contributed by atoms with Crippen molar-refractivity contribution in [2.24, 2.45) is 4.99 Å². The van der Waals surface area contributed by atoms with Gasteiger partial charge in [0.2, 0.25) is 5.91 Å². The van der Waals surface area contributed by atoms with Crippen LogP contribution in [0.4, 0.5) is 0 Å². The third-order valence-electron chi connectivity index (χ3n) is 2.27. The van der Waals surface area contributed by atoms with Crippen molar-refractivity contribution in [3.05, 3.63) is 12.4 Å². The molecule has 1 amide bonds. The molecule has 0 spiro atoms. The number of nitrogens with zero attached hydrogens (tertiary/aromatic N) is 3. The molecule has 2 aliphatic heterocycles. The summed E-state index contributed by atoms with van der Waals surface area (Å²) in [6.07, 6.45) is 7.25. The van der Waals surface area contributed by atoms with Gasteiger partial charge in [0.25, 0.3) is 0 Å². The summed E-state index contributed by atoms with van der Waals surface area (Å²) in [5.41, 5.74) is 0. The fourth-order valence-corrected chi connectivity index (χ4v) is 1.50. The van der Waals surface area contributed by atoms with Gasteiger partial charge in [-0.1, -0.05) is 0 Å². The molecule has 0 bridgehead atoms. The fraction of sp³-hybridized carbons (Fsp3) is 0.556. The van der Waals surface area contributed by atoms with Crippen LogP contribution in [-0.4, -0.2) is 41.7 Å². The van der Waals surface area contributed by atoms with Gasteiger partial charge in [-0.25, -0.2) is 0 Å². The van der Waals surface area contributed by atoms with Crippen LogP contribution in [0.5, 0.6) is 0 Å². The van der Waals surface area contributed by atoms with Gasteiger partial charge in [-0.3, -0.25) is 9.79 Å². The zero-order chi connectivity index (χ0) is 9.10. The van der Waals surface area contributed by atoms with Crippen LogP contribution in [0.25, 0.3) is 0 Å². The number of amides is 1. The van der Waals surface area contributed by atoms with Crippen molar-refractivity contribution in [2.75, 3.05) is 19.6 Å². The molecule has 0 radical (unpaired) electrons. The zero-order valence-electron chi connectivity index (χ0n) is 7.52. The van der Waals surface area contributed by atoms with Gasteiger partial charge in [0, 0.05) is 31.9 Å². The molecule has 13 heavy (non-hydrogen) atoms. The van der Waals surface area contributed by atoms with Crippen LogP contribution < -0.4 is 0 Å². The van der Waals surface area contributed by atoms with E-state index in [9.17, 15) is 4.79 Å². The highest BCUT2D eigenvalue weighted by molar-refractivity contribution is 5.79. The molecular weight excluding hydrogens is 166 g/mol. The molecule has 2 rings (SSSR count). The molecule has 4 heteroatoms. The van der Waals surface area contributed by atoms with Crippen molar-refractivity contribution in [2.45, 2.75) is 12.8 Å². The van der Waals surface area contributed by atoms with Gasteiger partial charge in [0.05, 0.1) is 12.9 Å². The predicted molar refractivity (Wildman–Crippen MR) is 50.2 cm³/mol. The maximum absolute atomic E-state index is 11.2. The Morgan fingerprint density at radius 3 is 2.92 bits per heavy atom. The lowest BCUT2D eigenvalue weighted by molar-refractivity contribution is -0.125. The fourth-order valence-electron chi connectivity index (χ4n) is 1.50. The largest absolute Gasteiger partial charge is 0.336 e. The molecular formula is C9H13N3O. The lowest BCUT2D eigenvalue weighted by Gasteiger charge is -2.11. The highest BCUT2D eigenvalue weighted by Gasteiger charge is 2.17. The van der Waals surface area contributed by atoms with E-state index in [1.807, 2.05) is 17.3 Å². The highest BCUT2D eigenvalue weighted by atomic mass is 16.2. The number of hydrogen-bond acceptors (Lipinski definition) is 3. The number of hydrogen-bond donors (Lipinski definition) is 0. The molecule has 70 valence electrons. The van der Waals surface area contributed by atoms with Crippen molar-refractivity contribution in [1.29, 1.82) is 0 Å². The van der Waals surface area contributed by atoms with E-state index in [0.29, 0.717) is 6.42 Å². The molecule has 0 aromatic carbocycles. The van der Waals surface area contributed by atoms with E-state index in [1.54, 1.807) is 11.2 Å². The minimum atomic E-state index is 0.229. The number of aliphatic imine (C=N–C) groups is 1. The molecule has 2 aliphatic rings. The third kappa shape index (κ3) is 1.88. The first-order valence-corrected chi connectivity index (χ1v) is 4.60. The average Bonchev–Trinajstić information content (AvgIpc) is 2.72. The highest BCUT2D eigenvalue weighted by Crippen LogP contribution is 2.09. The van der Waals surface area contributed by atoms with Gasteiger partial charge in [0.1, 0.15) is 0 Å². The van der Waals surface area contributed by atoms with E-state index >= 15 is 0 Å². The van der Waals surface area contributed by atoms with Gasteiger partial charge in [0.15, 0.2) is 0 Å². The SMILES string of the molecule is O=C1CCCN1C=CN1C=NCC1. The van der Waals surface area contributed by atoms with Gasteiger partial charge >= 0.3 is 0 Å². The van der Waals surface area contributed by atoms with E-state index in [1.165, 1.54) is 0 Å². The molecule has 0 unspecified atom stereocenters. The Hall–Kier alpha value is -1.32. The molecule has 0 saturated carbocycles. The molecule has 2 heterocycles. The van der Waals surface area contributed by atoms with E-state index in [0.717, 1.165) is 26.1 Å². The predicted octanol–water partition coefficient (Wildman–Crippen LogP) is 0.424. The number of likely N-dealkylation sites (tertiary alicyclic amines) is 1. The molecule has 0 aliphatic carbocycles. The Kier molecular flexibility index (Phi) is 2.29. The summed E-state index contributed by atoms with van der Waals surface area (Å²) >= 11 is 0. The molecule has 4 nitrogen and oxygen atoms in total. The first-order valence-electron chi connectivity index (χ1n) is 4.60. The van der Waals surface area contributed by atoms with Crippen LogP contribution in [0.1, 0.15) is 12.8 Å². The summed E-state index contributed by atoms with van der Waals surface area (Å²) in [4.78, 5) is 19.0. The molecule has 1 saturated heterocycles. The van der Waals surface area contributed by atoms with Crippen LogP contribution in [0.2, 0.25) is 0 Å². The average molecular weight is 179 g/mol. The first-order chi connectivity index (χ1) is 6.36. The van der Waals surface area contributed by atoms with Crippen molar-refractivity contribution < 1.29 is 4.79 Å². The monoisotopic (exact) mass is 179 g/mol. The van der Waals surface area contributed by atoms with E-state index in [2.05, 4.69) is 4.99 Å². The van der Waals surface area contributed by atoms with E-state index in [-0.39, 0.29) is 5.91 Å². The zero-order valence-corrected chi connectivity index (χ0v) is 7.52. The number of carbonyl (C=O) groups excluding carboxylic acids is 1. The quantitative estimate of drug-likeness (QED) is 0.616. The van der Waals surface area contributed by atoms with Crippen molar-refractivity contribution in [3.63, 3.8) is 0 Å². The summed E-state index contributed by atoms with van der Waals surface area (Å²) in [6.45, 7) is 2.65. The Morgan fingerprint density at radius 2 is 2.31 bits per heavy atom. The minimum absolute atomic E-state index is 0.229. The second-order valence-corrected chi connectivity index (χ2v) is 3.25. The van der Waals surface area contributed by atoms with Crippen LogP contribution in [0.3, 0.4) is 0 Å². The standard InChI is InChI=1S/C9H13N3O/c13-9-2-1-4-12(9)7-6-11-5-3-10-8-11/h6-8H,1-5H2. The van der Waals surface area contributed by atoms with E-state index in [4.69, 9.17) is 0 Å². The summed E-state index contributed by atoms with van der Waals surface area (Å²) in [7, 11) is 0. The molecule has 0 N–H and O–H groups in total. The summed E-state index contributed by atoms with van der Waals surface area (Å²) in [5.74, 6) is 0.229. The Labute approximate surface area is 77.5 Å². The summed E-state index contributed by atoms with van der Waals surface area (Å²) < 4.78 is 0. The third-order valence-corrected chi connectivity index (χ3v) is 2.27. The normalized spacial score (nSPS) is 22.6. The summed E-state index contributed by atoms with van der Waals surface area (Å²) in [5, 5.41) is 0. The Bertz CT molecular complexity index is 260. The Morgan fingerprint density at radius 1 is 1.38 bits per heavy atom. The first kappa shape index (κ1) is 8.29. The molecule has 1 fully saturated rings. The second-order valence-electron chi connectivity index (χ2n) is 3.25. The maximum Gasteiger partial charge on any atom is 0.226 e. The van der Waals surface area contributed by atoms with Crippen LogP contribution in [0, 0.1) is 0 Å². The van der Waals surface area contributed by atoms with Gasteiger partial charge in [-0.15, -0.1) is 0 Å². The molecule has 0 aromatic heterocycles.